The lowest BCUT2D eigenvalue weighted by molar-refractivity contribution is -0.146. The van der Waals surface area contributed by atoms with Crippen molar-refractivity contribution in [2.75, 3.05) is 6.54 Å². The fraction of sp³-hybridized carbons (Fsp3) is 0.722. The van der Waals surface area contributed by atoms with E-state index >= 15 is 4.79 Å². The maximum atomic E-state index is 15.1. The van der Waals surface area contributed by atoms with E-state index in [1.807, 2.05) is 27.7 Å². The Hall–Kier alpha value is -3.74. The van der Waals surface area contributed by atoms with E-state index < -0.39 is 64.3 Å². The number of fused-ring (bicyclic) bond motifs is 1. The molecule has 4 aliphatic rings. The summed E-state index contributed by atoms with van der Waals surface area (Å²) in [6, 6.07) is -3.14. The third-order valence-corrected chi connectivity index (χ3v) is 10.8. The Balaban J connectivity index is 1.43. The van der Waals surface area contributed by atoms with Crippen molar-refractivity contribution in [1.82, 2.24) is 36.6 Å². The molecular weight excluding hydrogens is 626 g/mol. The lowest BCUT2D eigenvalue weighted by atomic mass is 9.70. The largest absolute Gasteiger partial charge is 0.347 e. The van der Waals surface area contributed by atoms with Crippen molar-refractivity contribution in [2.45, 2.75) is 134 Å². The zero-order valence-corrected chi connectivity index (χ0v) is 29.3. The summed E-state index contributed by atoms with van der Waals surface area (Å²) >= 11 is 0. The zero-order chi connectivity index (χ0) is 35.3. The van der Waals surface area contributed by atoms with E-state index in [1.165, 1.54) is 18.6 Å². The summed E-state index contributed by atoms with van der Waals surface area (Å²) in [6.07, 6.45) is 13.3. The third-order valence-electron chi connectivity index (χ3n) is 10.8. The van der Waals surface area contributed by atoms with Crippen LogP contribution < -0.4 is 26.6 Å². The van der Waals surface area contributed by atoms with E-state index in [0.29, 0.717) is 19.4 Å². The molecule has 4 amide bonds. The van der Waals surface area contributed by atoms with Crippen molar-refractivity contribution in [3.8, 4) is 0 Å². The van der Waals surface area contributed by atoms with Crippen LogP contribution in [0.2, 0.25) is 0 Å². The Morgan fingerprint density at radius 3 is 2.29 bits per heavy atom. The molecule has 5 rings (SSSR count). The summed E-state index contributed by atoms with van der Waals surface area (Å²) in [7, 11) is 0. The van der Waals surface area contributed by atoms with Gasteiger partial charge in [0.1, 0.15) is 11.7 Å². The highest BCUT2D eigenvalue weighted by atomic mass is 16.2. The molecular formula is C36H53N7O6. The number of ketones is 2. The summed E-state index contributed by atoms with van der Waals surface area (Å²) in [6.45, 7) is 7.82. The minimum atomic E-state index is -1.71. The molecule has 49 heavy (non-hydrogen) atoms. The minimum absolute atomic E-state index is 0.0166. The normalized spacial score (nSPS) is 25.7. The molecule has 1 aromatic rings. The molecule has 0 bridgehead atoms. The number of hydrogen-bond acceptors (Lipinski definition) is 9. The Kier molecular flexibility index (Phi) is 11.5. The Bertz CT molecular complexity index is 1400. The molecule has 4 fully saturated rings. The number of aromatic nitrogens is 2. The molecule has 1 aliphatic heterocycles. The van der Waals surface area contributed by atoms with Crippen molar-refractivity contribution in [3.05, 3.63) is 24.3 Å². The van der Waals surface area contributed by atoms with Gasteiger partial charge in [0.2, 0.25) is 17.6 Å². The van der Waals surface area contributed by atoms with Gasteiger partial charge in [-0.15, -0.1) is 0 Å². The highest BCUT2D eigenvalue weighted by molar-refractivity contribution is 6.38. The predicted molar refractivity (Wildman–Crippen MR) is 181 cm³/mol. The van der Waals surface area contributed by atoms with Crippen LogP contribution >= 0.6 is 0 Å². The Morgan fingerprint density at radius 1 is 0.918 bits per heavy atom. The molecule has 268 valence electrons. The molecule has 0 aromatic carbocycles. The molecule has 0 spiro atoms. The lowest BCUT2D eigenvalue weighted by Gasteiger charge is -2.41. The second kappa shape index (κ2) is 15.4. The van der Waals surface area contributed by atoms with E-state index in [1.54, 1.807) is 0 Å². The van der Waals surface area contributed by atoms with Crippen LogP contribution in [0.4, 0.5) is 0 Å². The van der Waals surface area contributed by atoms with Crippen LogP contribution in [0.5, 0.6) is 0 Å². The lowest BCUT2D eigenvalue weighted by Crippen LogP contribution is -2.70. The molecule has 0 unspecified atom stereocenters. The van der Waals surface area contributed by atoms with Crippen LogP contribution in [0.15, 0.2) is 18.6 Å². The summed E-state index contributed by atoms with van der Waals surface area (Å²) in [5.74, 6) is -4.00. The van der Waals surface area contributed by atoms with Gasteiger partial charge in [-0.1, -0.05) is 59.8 Å². The molecule has 2 heterocycles. The quantitative estimate of drug-likeness (QED) is 0.145. The van der Waals surface area contributed by atoms with Gasteiger partial charge < -0.3 is 21.3 Å². The van der Waals surface area contributed by atoms with Gasteiger partial charge in [-0.05, 0) is 74.7 Å². The van der Waals surface area contributed by atoms with Gasteiger partial charge in [0.15, 0.2) is 11.3 Å². The number of carbonyl (C=O) groups is 6. The fourth-order valence-corrected chi connectivity index (χ4v) is 8.01. The van der Waals surface area contributed by atoms with Gasteiger partial charge in [-0.2, -0.15) is 0 Å². The van der Waals surface area contributed by atoms with Gasteiger partial charge in [0, 0.05) is 18.4 Å². The summed E-state index contributed by atoms with van der Waals surface area (Å²) in [5.41, 5.74) is -2.46. The van der Waals surface area contributed by atoms with Crippen molar-refractivity contribution >= 4 is 35.2 Å². The van der Waals surface area contributed by atoms with Gasteiger partial charge in [-0.3, -0.25) is 39.1 Å². The second-order valence-corrected chi connectivity index (χ2v) is 15.5. The van der Waals surface area contributed by atoms with Gasteiger partial charge in [0.25, 0.3) is 11.8 Å². The monoisotopic (exact) mass is 679 g/mol. The van der Waals surface area contributed by atoms with Crippen LogP contribution in [0.25, 0.3) is 0 Å². The highest BCUT2D eigenvalue weighted by Gasteiger charge is 2.62. The molecule has 6 atom stereocenters. The molecule has 1 saturated heterocycles. The predicted octanol–water partition coefficient (Wildman–Crippen LogP) is 2.15. The van der Waals surface area contributed by atoms with Crippen LogP contribution in [0.1, 0.15) is 115 Å². The fourth-order valence-electron chi connectivity index (χ4n) is 8.01. The average molecular weight is 680 g/mol. The minimum Gasteiger partial charge on any atom is -0.347 e. The average Bonchev–Trinajstić information content (AvgIpc) is 3.63. The number of rotatable bonds is 14. The first kappa shape index (κ1) is 36.5. The summed E-state index contributed by atoms with van der Waals surface area (Å²) in [5, 5.41) is 14.7. The number of amides is 4. The number of hydrogen-bond donors (Lipinski definition) is 5. The standard InChI is InChI=1S/C36H53N7O6/c1-5-10-25(28(44)33(48)40-23-15-16-23)41-34(49)36(24-14-9-13-22(24)19-39-36)30(45)29(35(2,3)4)43-32(47)27(21-11-7-6-8-12-21)42-31(46)26-20-37-17-18-38-26/h17-18,20-25,27,29,39H,5-16,19H2,1-4H3,(H,40,48)(H,41,49)(H,42,46)(H,43,47)/t22-,24-,25-,27-,29+,36-/m0/s1. The maximum absolute atomic E-state index is 15.1. The molecule has 3 aliphatic carbocycles. The van der Waals surface area contributed by atoms with E-state index in [0.717, 1.165) is 57.8 Å². The SMILES string of the molecule is CCC[C@H](NC(=O)[C@]1(C(=O)[C@@H](NC(=O)[C@@H](NC(=O)c2cnccn2)C2CCCCC2)C(C)(C)C)NC[C@@H]2CCC[C@@H]21)C(=O)C(=O)NC1CC1. The zero-order valence-electron chi connectivity index (χ0n) is 29.3. The first-order valence-electron chi connectivity index (χ1n) is 18.2. The van der Waals surface area contributed by atoms with E-state index in [9.17, 15) is 24.0 Å². The molecule has 0 radical (unpaired) electrons. The van der Waals surface area contributed by atoms with E-state index in [4.69, 9.17) is 0 Å². The van der Waals surface area contributed by atoms with Crippen molar-refractivity contribution in [1.29, 1.82) is 0 Å². The van der Waals surface area contributed by atoms with Crippen molar-refractivity contribution < 1.29 is 28.8 Å². The number of nitrogens with one attached hydrogen (secondary N) is 5. The van der Waals surface area contributed by atoms with Gasteiger partial charge >= 0.3 is 0 Å². The first-order chi connectivity index (χ1) is 23.4. The van der Waals surface area contributed by atoms with Crippen molar-refractivity contribution in [2.24, 2.45) is 23.2 Å². The number of nitrogens with zero attached hydrogens (tertiary/aromatic N) is 2. The molecule has 3 saturated carbocycles. The van der Waals surface area contributed by atoms with Crippen LogP contribution in [0.3, 0.4) is 0 Å². The molecule has 13 nitrogen and oxygen atoms in total. The van der Waals surface area contributed by atoms with Crippen molar-refractivity contribution in [3.63, 3.8) is 0 Å². The topological polar surface area (TPSA) is 188 Å². The van der Waals surface area contributed by atoms with Crippen LogP contribution in [-0.2, 0) is 24.0 Å². The summed E-state index contributed by atoms with van der Waals surface area (Å²) < 4.78 is 0. The smallest absolute Gasteiger partial charge is 0.289 e. The number of carbonyl (C=O) groups excluding carboxylic acids is 6. The van der Waals surface area contributed by atoms with Crippen LogP contribution in [0, 0.1) is 23.2 Å². The maximum Gasteiger partial charge on any atom is 0.289 e. The molecule has 1 aromatic heterocycles. The van der Waals surface area contributed by atoms with Gasteiger partial charge in [-0.25, -0.2) is 4.98 Å². The first-order valence-corrected chi connectivity index (χ1v) is 18.2. The van der Waals surface area contributed by atoms with E-state index in [2.05, 4.69) is 36.6 Å². The van der Waals surface area contributed by atoms with Crippen LogP contribution in [-0.4, -0.2) is 81.4 Å². The van der Waals surface area contributed by atoms with E-state index in [-0.39, 0.29) is 35.9 Å². The number of Topliss-reactive ketones (excluding diaryl/α,β-unsaturated/α-hetero) is 2. The molecule has 5 N–H and O–H groups in total. The second-order valence-electron chi connectivity index (χ2n) is 15.5. The third kappa shape index (κ3) is 8.19. The van der Waals surface area contributed by atoms with Gasteiger partial charge in [0.05, 0.1) is 18.3 Å². The molecule has 13 heteroatoms. The summed E-state index contributed by atoms with van der Waals surface area (Å²) in [4.78, 5) is 91.2. The Morgan fingerprint density at radius 2 is 1.65 bits per heavy atom. The highest BCUT2D eigenvalue weighted by Crippen LogP contribution is 2.45. The Labute approximate surface area is 288 Å².